The highest BCUT2D eigenvalue weighted by molar-refractivity contribution is 5.86. The first kappa shape index (κ1) is 17.5. The largest absolute Gasteiger partial charge is 0.459 e. The monoisotopic (exact) mass is 318 g/mol. The molecule has 5 nitrogen and oxygen atoms in total. The van der Waals surface area contributed by atoms with Gasteiger partial charge >= 0.3 is 5.97 Å². The lowest BCUT2D eigenvalue weighted by atomic mass is 9.94. The maximum Gasteiger partial charge on any atom is 0.326 e. The number of esters is 1. The Bertz CT molecular complexity index is 551. The summed E-state index contributed by atoms with van der Waals surface area (Å²) in [6.45, 7) is 5.89. The SMILES string of the molecule is CC(C)(C)OC(=O)CN1C[C@H](c2ccccc2)CC[C@@H](N)C1=O. The molecule has 126 valence electrons. The second-order valence-electron chi connectivity index (χ2n) is 7.10. The van der Waals surface area contributed by atoms with Gasteiger partial charge in [-0.1, -0.05) is 30.3 Å². The first-order chi connectivity index (χ1) is 10.8. The molecule has 1 aliphatic heterocycles. The third-order valence-electron chi connectivity index (χ3n) is 3.91. The summed E-state index contributed by atoms with van der Waals surface area (Å²) in [6, 6.07) is 9.50. The summed E-state index contributed by atoms with van der Waals surface area (Å²) in [4.78, 5) is 26.0. The van der Waals surface area contributed by atoms with Gasteiger partial charge in [0.15, 0.2) is 0 Å². The van der Waals surface area contributed by atoms with E-state index < -0.39 is 17.6 Å². The van der Waals surface area contributed by atoms with Gasteiger partial charge in [0.1, 0.15) is 12.1 Å². The molecule has 0 spiro atoms. The molecule has 0 bridgehead atoms. The zero-order chi connectivity index (χ0) is 17.0. The fourth-order valence-electron chi connectivity index (χ4n) is 2.86. The topological polar surface area (TPSA) is 72.6 Å². The summed E-state index contributed by atoms with van der Waals surface area (Å²) >= 11 is 0. The molecule has 0 aromatic heterocycles. The van der Waals surface area contributed by atoms with Crippen LogP contribution in [0.1, 0.15) is 45.1 Å². The van der Waals surface area contributed by atoms with Crippen molar-refractivity contribution >= 4 is 11.9 Å². The van der Waals surface area contributed by atoms with Gasteiger partial charge in [-0.15, -0.1) is 0 Å². The van der Waals surface area contributed by atoms with Gasteiger partial charge in [-0.2, -0.15) is 0 Å². The van der Waals surface area contributed by atoms with Crippen LogP contribution in [0, 0.1) is 0 Å². The van der Waals surface area contributed by atoms with Crippen molar-refractivity contribution in [3.05, 3.63) is 35.9 Å². The number of nitrogens with zero attached hydrogens (tertiary/aromatic N) is 1. The van der Waals surface area contributed by atoms with E-state index in [9.17, 15) is 9.59 Å². The van der Waals surface area contributed by atoms with Crippen LogP contribution in [0.5, 0.6) is 0 Å². The van der Waals surface area contributed by atoms with Crippen molar-refractivity contribution in [1.82, 2.24) is 4.90 Å². The van der Waals surface area contributed by atoms with Crippen LogP contribution in [0.2, 0.25) is 0 Å². The van der Waals surface area contributed by atoms with Gasteiger partial charge in [0, 0.05) is 12.5 Å². The highest BCUT2D eigenvalue weighted by atomic mass is 16.6. The van der Waals surface area contributed by atoms with Crippen LogP contribution in [0.4, 0.5) is 0 Å². The van der Waals surface area contributed by atoms with E-state index in [4.69, 9.17) is 10.5 Å². The Kier molecular flexibility index (Phi) is 5.42. The minimum Gasteiger partial charge on any atom is -0.459 e. The van der Waals surface area contributed by atoms with Crippen molar-refractivity contribution < 1.29 is 14.3 Å². The Morgan fingerprint density at radius 2 is 1.91 bits per heavy atom. The second kappa shape index (κ2) is 7.13. The molecular formula is C18H26N2O3. The van der Waals surface area contributed by atoms with Gasteiger partial charge < -0.3 is 15.4 Å². The van der Waals surface area contributed by atoms with Crippen LogP contribution in [-0.2, 0) is 14.3 Å². The number of carbonyl (C=O) groups excluding carboxylic acids is 2. The average molecular weight is 318 g/mol. The summed E-state index contributed by atoms with van der Waals surface area (Å²) in [5.74, 6) is -0.378. The molecule has 2 atom stereocenters. The number of likely N-dealkylation sites (tertiary alicyclic amines) is 1. The lowest BCUT2D eigenvalue weighted by molar-refractivity contribution is -0.159. The maximum absolute atomic E-state index is 12.4. The summed E-state index contributed by atoms with van der Waals surface area (Å²) < 4.78 is 5.33. The van der Waals surface area contributed by atoms with Crippen LogP contribution in [0.15, 0.2) is 30.3 Å². The van der Waals surface area contributed by atoms with Crippen LogP contribution < -0.4 is 5.73 Å². The fraction of sp³-hybridized carbons (Fsp3) is 0.556. The third-order valence-corrected chi connectivity index (χ3v) is 3.91. The van der Waals surface area contributed by atoms with Gasteiger partial charge in [0.25, 0.3) is 0 Å². The molecule has 2 rings (SSSR count). The Hall–Kier alpha value is -1.88. The minimum atomic E-state index is -0.563. The number of rotatable bonds is 3. The molecule has 5 heteroatoms. The number of amides is 1. The first-order valence-corrected chi connectivity index (χ1v) is 8.07. The summed E-state index contributed by atoms with van der Waals surface area (Å²) in [6.07, 6.45) is 1.46. The summed E-state index contributed by atoms with van der Waals surface area (Å²) in [5.41, 5.74) is 6.58. The standard InChI is InChI=1S/C18H26N2O3/c1-18(2,3)23-16(21)12-20-11-14(9-10-15(19)17(20)22)13-7-5-4-6-8-13/h4-8,14-15H,9-12,19H2,1-3H3/t14-,15-/m1/s1. The van der Waals surface area contributed by atoms with Crippen molar-refractivity contribution in [2.75, 3.05) is 13.1 Å². The molecule has 2 N–H and O–H groups in total. The van der Waals surface area contributed by atoms with Gasteiger partial charge in [-0.25, -0.2) is 0 Å². The van der Waals surface area contributed by atoms with Crippen LogP contribution in [-0.4, -0.2) is 41.5 Å². The predicted octanol–water partition coefficient (Wildman–Crippen LogP) is 2.06. The molecule has 0 saturated carbocycles. The van der Waals surface area contributed by atoms with Crippen molar-refractivity contribution in [3.8, 4) is 0 Å². The number of benzene rings is 1. The lowest BCUT2D eigenvalue weighted by Crippen LogP contribution is -2.46. The number of ether oxygens (including phenoxy) is 1. The second-order valence-corrected chi connectivity index (χ2v) is 7.10. The number of hydrogen-bond acceptors (Lipinski definition) is 4. The fourth-order valence-corrected chi connectivity index (χ4v) is 2.86. The Morgan fingerprint density at radius 1 is 1.26 bits per heavy atom. The molecular weight excluding hydrogens is 292 g/mol. The maximum atomic E-state index is 12.4. The van der Waals surface area contributed by atoms with Gasteiger partial charge in [-0.05, 0) is 39.2 Å². The zero-order valence-electron chi connectivity index (χ0n) is 14.1. The zero-order valence-corrected chi connectivity index (χ0v) is 14.1. The number of hydrogen-bond donors (Lipinski definition) is 1. The van der Waals surface area contributed by atoms with Crippen molar-refractivity contribution in [1.29, 1.82) is 0 Å². The average Bonchev–Trinajstić information content (AvgIpc) is 2.60. The molecule has 0 radical (unpaired) electrons. The minimum absolute atomic E-state index is 0.0485. The molecule has 1 fully saturated rings. The van der Waals surface area contributed by atoms with E-state index >= 15 is 0 Å². The van der Waals surface area contributed by atoms with E-state index in [0.717, 1.165) is 6.42 Å². The first-order valence-electron chi connectivity index (χ1n) is 8.07. The lowest BCUT2D eigenvalue weighted by Gasteiger charge is -2.27. The van der Waals surface area contributed by atoms with Crippen molar-refractivity contribution in [2.24, 2.45) is 5.73 Å². The molecule has 1 aliphatic rings. The van der Waals surface area contributed by atoms with Crippen LogP contribution in [0.25, 0.3) is 0 Å². The third kappa shape index (κ3) is 5.06. The van der Waals surface area contributed by atoms with Crippen LogP contribution in [0.3, 0.4) is 0 Å². The Balaban J connectivity index is 2.11. The predicted molar refractivity (Wildman–Crippen MR) is 88.8 cm³/mol. The normalized spacial score (nSPS) is 22.6. The molecule has 0 unspecified atom stereocenters. The van der Waals surface area contributed by atoms with Gasteiger partial charge in [-0.3, -0.25) is 9.59 Å². The number of carbonyl (C=O) groups is 2. The van der Waals surface area contributed by atoms with E-state index in [1.165, 1.54) is 5.56 Å². The molecule has 1 aromatic carbocycles. The van der Waals surface area contributed by atoms with Gasteiger partial charge in [0.05, 0.1) is 6.04 Å². The van der Waals surface area contributed by atoms with E-state index in [1.807, 2.05) is 39.0 Å². The molecule has 1 saturated heterocycles. The highest BCUT2D eigenvalue weighted by Crippen LogP contribution is 2.26. The summed E-state index contributed by atoms with van der Waals surface area (Å²) in [5, 5.41) is 0. The smallest absolute Gasteiger partial charge is 0.326 e. The van der Waals surface area contributed by atoms with Crippen molar-refractivity contribution in [3.63, 3.8) is 0 Å². The van der Waals surface area contributed by atoms with Crippen molar-refractivity contribution in [2.45, 2.75) is 51.2 Å². The molecule has 1 aromatic rings. The highest BCUT2D eigenvalue weighted by Gasteiger charge is 2.31. The molecule has 23 heavy (non-hydrogen) atoms. The Labute approximate surface area is 137 Å². The van der Waals surface area contributed by atoms with E-state index in [-0.39, 0.29) is 18.4 Å². The quantitative estimate of drug-likeness (QED) is 0.866. The Morgan fingerprint density at radius 3 is 2.52 bits per heavy atom. The van der Waals surface area contributed by atoms with Crippen LogP contribution >= 0.6 is 0 Å². The number of nitrogens with two attached hydrogens (primary N) is 1. The summed E-state index contributed by atoms with van der Waals surface area (Å²) in [7, 11) is 0. The molecule has 1 amide bonds. The molecule has 1 heterocycles. The van der Waals surface area contributed by atoms with E-state index in [1.54, 1.807) is 4.90 Å². The van der Waals surface area contributed by atoms with Gasteiger partial charge in [0.2, 0.25) is 5.91 Å². The molecule has 0 aliphatic carbocycles. The van der Waals surface area contributed by atoms with E-state index in [2.05, 4.69) is 12.1 Å². The van der Waals surface area contributed by atoms with E-state index in [0.29, 0.717) is 13.0 Å².